The predicted octanol–water partition coefficient (Wildman–Crippen LogP) is 8.07. The largest absolute Gasteiger partial charge is 0.377 e. The van der Waals surface area contributed by atoms with Gasteiger partial charge in [0.15, 0.2) is 11.6 Å². The van der Waals surface area contributed by atoms with Crippen molar-refractivity contribution in [2.75, 3.05) is 6.61 Å². The van der Waals surface area contributed by atoms with E-state index in [2.05, 4.69) is 0 Å². The van der Waals surface area contributed by atoms with Gasteiger partial charge in [0, 0.05) is 17.7 Å². The molecule has 174 valence electrons. The Labute approximate surface area is 198 Å². The molecule has 0 saturated carbocycles. The Bertz CT molecular complexity index is 1260. The maximum absolute atomic E-state index is 14.7. The number of hydrogen-bond acceptors (Lipinski definition) is 1. The maximum atomic E-state index is 14.7. The highest BCUT2D eigenvalue weighted by atomic mass is 19.2. The van der Waals surface area contributed by atoms with Crippen molar-refractivity contribution in [3.63, 3.8) is 0 Å². The third-order valence-electron chi connectivity index (χ3n) is 6.01. The average Bonchev–Trinajstić information content (AvgIpc) is 2.85. The first-order chi connectivity index (χ1) is 16.5. The van der Waals surface area contributed by atoms with Crippen molar-refractivity contribution >= 4 is 0 Å². The van der Waals surface area contributed by atoms with E-state index in [0.717, 1.165) is 22.3 Å². The van der Waals surface area contributed by atoms with Gasteiger partial charge in [-0.3, -0.25) is 0 Å². The van der Waals surface area contributed by atoms with Crippen LogP contribution in [0.2, 0.25) is 0 Å². The van der Waals surface area contributed by atoms with Gasteiger partial charge in [0.25, 0.3) is 0 Å². The van der Waals surface area contributed by atoms with Crippen molar-refractivity contribution in [2.45, 2.75) is 33.3 Å². The molecule has 0 aliphatic rings. The highest BCUT2D eigenvalue weighted by Gasteiger charge is 2.15. The minimum Gasteiger partial charge on any atom is -0.377 e. The van der Waals surface area contributed by atoms with Crippen molar-refractivity contribution in [3.05, 3.63) is 119 Å². The summed E-state index contributed by atoms with van der Waals surface area (Å²) >= 11 is 0. The van der Waals surface area contributed by atoms with Crippen molar-refractivity contribution in [2.24, 2.45) is 0 Å². The van der Waals surface area contributed by atoms with Crippen LogP contribution in [0, 0.1) is 24.4 Å². The minimum absolute atomic E-state index is 0.255. The predicted molar refractivity (Wildman–Crippen MR) is 131 cm³/mol. The molecular weight excluding hydrogens is 433 g/mol. The summed E-state index contributed by atoms with van der Waals surface area (Å²) < 4.78 is 49.1. The van der Waals surface area contributed by atoms with E-state index in [4.69, 9.17) is 4.74 Å². The molecule has 0 fully saturated rings. The molecule has 0 unspecified atom stereocenters. The third kappa shape index (κ3) is 5.40. The smallest absolute Gasteiger partial charge is 0.166 e. The quantitative estimate of drug-likeness (QED) is 0.258. The zero-order valence-corrected chi connectivity index (χ0v) is 19.4. The Kier molecular flexibility index (Phi) is 7.49. The number of rotatable bonds is 8. The SMILES string of the molecule is CCOCc1ccc(-c2ccc(CCc3ccc(-c4ccc(C)cc4)c(F)c3F)cc2)cc1F. The van der Waals surface area contributed by atoms with Crippen LogP contribution in [0.5, 0.6) is 0 Å². The fourth-order valence-electron chi connectivity index (χ4n) is 3.94. The molecule has 0 aliphatic heterocycles. The van der Waals surface area contributed by atoms with Crippen LogP contribution < -0.4 is 0 Å². The minimum atomic E-state index is -0.813. The van der Waals surface area contributed by atoms with Crippen LogP contribution >= 0.6 is 0 Å². The van der Waals surface area contributed by atoms with Crippen LogP contribution in [0.25, 0.3) is 22.3 Å². The number of ether oxygens (including phenoxy) is 1. The number of hydrogen-bond donors (Lipinski definition) is 0. The van der Waals surface area contributed by atoms with Crippen LogP contribution in [0.1, 0.15) is 29.2 Å². The van der Waals surface area contributed by atoms with Gasteiger partial charge < -0.3 is 4.74 Å². The molecule has 4 rings (SSSR count). The van der Waals surface area contributed by atoms with Crippen molar-refractivity contribution in [3.8, 4) is 22.3 Å². The third-order valence-corrected chi connectivity index (χ3v) is 6.01. The number of aryl methyl sites for hydroxylation is 3. The summed E-state index contributed by atoms with van der Waals surface area (Å²) in [5.74, 6) is -1.90. The molecule has 4 heteroatoms. The highest BCUT2D eigenvalue weighted by Crippen LogP contribution is 2.28. The molecule has 0 spiro atoms. The molecule has 0 aromatic heterocycles. The molecule has 0 aliphatic carbocycles. The second kappa shape index (κ2) is 10.7. The second-order valence-corrected chi connectivity index (χ2v) is 8.41. The Morgan fingerprint density at radius 3 is 1.97 bits per heavy atom. The van der Waals surface area contributed by atoms with Gasteiger partial charge in [-0.25, -0.2) is 13.2 Å². The van der Waals surface area contributed by atoms with Gasteiger partial charge in [-0.2, -0.15) is 0 Å². The van der Waals surface area contributed by atoms with Crippen molar-refractivity contribution in [1.82, 2.24) is 0 Å². The summed E-state index contributed by atoms with van der Waals surface area (Å²) in [5, 5.41) is 0. The fourth-order valence-corrected chi connectivity index (χ4v) is 3.94. The van der Waals surface area contributed by atoms with Gasteiger partial charge in [0.1, 0.15) is 5.82 Å². The molecule has 1 nitrogen and oxygen atoms in total. The van der Waals surface area contributed by atoms with Gasteiger partial charge in [-0.15, -0.1) is 0 Å². The summed E-state index contributed by atoms with van der Waals surface area (Å²) in [6, 6.07) is 23.5. The van der Waals surface area contributed by atoms with Gasteiger partial charge in [-0.1, -0.05) is 78.4 Å². The molecule has 0 radical (unpaired) electrons. The van der Waals surface area contributed by atoms with E-state index in [1.165, 1.54) is 6.07 Å². The van der Waals surface area contributed by atoms with Gasteiger partial charge in [-0.05, 0) is 60.6 Å². The van der Waals surface area contributed by atoms with Crippen LogP contribution in [0.3, 0.4) is 0 Å². The molecule has 4 aromatic rings. The molecule has 0 atom stereocenters. The first kappa shape index (κ1) is 23.8. The van der Waals surface area contributed by atoms with Gasteiger partial charge in [0.2, 0.25) is 0 Å². The van der Waals surface area contributed by atoms with E-state index >= 15 is 0 Å². The number of halogens is 3. The average molecular weight is 461 g/mol. The zero-order chi connectivity index (χ0) is 24.1. The van der Waals surface area contributed by atoms with Gasteiger partial charge >= 0.3 is 0 Å². The lowest BCUT2D eigenvalue weighted by Gasteiger charge is -2.10. The lowest BCUT2D eigenvalue weighted by molar-refractivity contribution is 0.131. The summed E-state index contributed by atoms with van der Waals surface area (Å²) in [6.07, 6.45) is 0.958. The lowest BCUT2D eigenvalue weighted by Crippen LogP contribution is -2.00. The van der Waals surface area contributed by atoms with E-state index in [9.17, 15) is 13.2 Å². The van der Waals surface area contributed by atoms with E-state index in [1.54, 1.807) is 30.3 Å². The Hall–Kier alpha value is -3.37. The van der Waals surface area contributed by atoms with E-state index in [0.29, 0.717) is 36.1 Å². The normalized spacial score (nSPS) is 11.1. The maximum Gasteiger partial charge on any atom is 0.166 e. The van der Waals surface area contributed by atoms with Crippen LogP contribution in [-0.2, 0) is 24.2 Å². The molecule has 4 aromatic carbocycles. The molecule has 34 heavy (non-hydrogen) atoms. The summed E-state index contributed by atoms with van der Waals surface area (Å²) in [7, 11) is 0. The Morgan fingerprint density at radius 2 is 1.29 bits per heavy atom. The monoisotopic (exact) mass is 460 g/mol. The van der Waals surface area contributed by atoms with E-state index in [1.807, 2.05) is 56.3 Å². The fraction of sp³-hybridized carbons (Fsp3) is 0.200. The summed E-state index contributed by atoms with van der Waals surface area (Å²) in [5.41, 5.74) is 5.55. The molecule has 0 heterocycles. The first-order valence-corrected chi connectivity index (χ1v) is 11.5. The Morgan fingerprint density at radius 1 is 0.647 bits per heavy atom. The Balaban J connectivity index is 1.44. The zero-order valence-electron chi connectivity index (χ0n) is 19.4. The van der Waals surface area contributed by atoms with Crippen LogP contribution in [0.15, 0.2) is 78.9 Å². The molecule has 0 N–H and O–H groups in total. The molecular formula is C30H27F3O. The van der Waals surface area contributed by atoms with E-state index < -0.39 is 11.6 Å². The van der Waals surface area contributed by atoms with Crippen LogP contribution in [0.4, 0.5) is 13.2 Å². The van der Waals surface area contributed by atoms with Crippen molar-refractivity contribution < 1.29 is 17.9 Å². The first-order valence-electron chi connectivity index (χ1n) is 11.5. The topological polar surface area (TPSA) is 9.23 Å². The van der Waals surface area contributed by atoms with Gasteiger partial charge in [0.05, 0.1) is 6.61 Å². The van der Waals surface area contributed by atoms with E-state index in [-0.39, 0.29) is 18.0 Å². The summed E-state index contributed by atoms with van der Waals surface area (Å²) in [6.45, 7) is 4.62. The standard InChI is InChI=1S/C30H27F3O/c1-3-34-19-26-15-14-25(18-28(26)31)22-11-6-21(7-12-22)8-13-24-16-17-27(30(33)29(24)32)23-9-4-20(2)5-10-23/h4-7,9-12,14-18H,3,8,13,19H2,1-2H3. The highest BCUT2D eigenvalue weighted by molar-refractivity contribution is 5.65. The molecule has 0 saturated heterocycles. The van der Waals surface area contributed by atoms with Crippen molar-refractivity contribution in [1.29, 1.82) is 0 Å². The second-order valence-electron chi connectivity index (χ2n) is 8.41. The molecule has 0 amide bonds. The lowest BCUT2D eigenvalue weighted by atomic mass is 9.97. The van der Waals surface area contributed by atoms with Crippen LogP contribution in [-0.4, -0.2) is 6.61 Å². The number of benzene rings is 4. The molecule has 0 bridgehead atoms. The summed E-state index contributed by atoms with van der Waals surface area (Å²) in [4.78, 5) is 0.